The summed E-state index contributed by atoms with van der Waals surface area (Å²) in [6, 6.07) is 8.34. The summed E-state index contributed by atoms with van der Waals surface area (Å²) in [4.78, 5) is 50.5. The van der Waals surface area contributed by atoms with Crippen molar-refractivity contribution in [2.24, 2.45) is 0 Å². The van der Waals surface area contributed by atoms with E-state index in [4.69, 9.17) is 0 Å². The first-order chi connectivity index (χ1) is 14.8. The fourth-order valence-corrected chi connectivity index (χ4v) is 2.95. The largest absolute Gasteiger partial charge is 0.306 e. The molecule has 0 saturated heterocycles. The molecule has 4 rings (SSSR count). The van der Waals surface area contributed by atoms with Crippen LogP contribution in [0.4, 0.5) is 17.1 Å². The number of nitro groups is 3. The average molecular weight is 423 g/mol. The lowest BCUT2D eigenvalue weighted by atomic mass is 10.2. The molecule has 0 spiro atoms. The van der Waals surface area contributed by atoms with Crippen molar-refractivity contribution in [1.82, 2.24) is 19.7 Å². The number of fused-ring (bicyclic) bond motifs is 1. The number of non-ortho nitro benzene ring substituents is 2. The van der Waals surface area contributed by atoms with Gasteiger partial charge in [0, 0.05) is 23.8 Å². The Morgan fingerprint density at radius 2 is 1.61 bits per heavy atom. The van der Waals surface area contributed by atoms with Crippen LogP contribution >= 0.6 is 0 Å². The minimum absolute atomic E-state index is 0.00170. The van der Waals surface area contributed by atoms with Crippen LogP contribution in [0.2, 0.25) is 0 Å². The Hall–Kier alpha value is -5.01. The van der Waals surface area contributed by atoms with Gasteiger partial charge in [-0.05, 0) is 6.07 Å². The van der Waals surface area contributed by atoms with Gasteiger partial charge in [0.1, 0.15) is 16.9 Å². The number of H-pyrrole nitrogens is 1. The van der Waals surface area contributed by atoms with Crippen LogP contribution in [-0.4, -0.2) is 34.5 Å². The topological polar surface area (TPSA) is 193 Å². The molecule has 0 aliphatic heterocycles. The first-order valence-electron chi connectivity index (χ1n) is 8.42. The Morgan fingerprint density at radius 1 is 0.903 bits per heavy atom. The monoisotopic (exact) mass is 423 g/mol. The molecule has 0 unspecified atom stereocenters. The fourth-order valence-electron chi connectivity index (χ4n) is 2.95. The quantitative estimate of drug-likeness (QED) is 0.370. The molecule has 14 heteroatoms. The van der Waals surface area contributed by atoms with Crippen LogP contribution in [-0.2, 0) is 0 Å². The van der Waals surface area contributed by atoms with Crippen molar-refractivity contribution in [2.45, 2.75) is 0 Å². The molecule has 0 bridgehead atoms. The fraction of sp³-hybridized carbons (Fsp3) is 0. The molecule has 2 aromatic carbocycles. The number of benzene rings is 2. The maximum absolute atomic E-state index is 12.5. The second kappa shape index (κ2) is 7.11. The third-order valence-electron chi connectivity index (χ3n) is 4.36. The van der Waals surface area contributed by atoms with Gasteiger partial charge in [0.05, 0.1) is 27.0 Å². The van der Waals surface area contributed by atoms with Crippen LogP contribution in [0.1, 0.15) is 0 Å². The summed E-state index contributed by atoms with van der Waals surface area (Å²) < 4.78 is 1.01. The minimum Gasteiger partial charge on any atom is -0.306 e. The van der Waals surface area contributed by atoms with E-state index in [1.165, 1.54) is 24.3 Å². The molecule has 0 saturated carbocycles. The molecule has 0 aliphatic rings. The van der Waals surface area contributed by atoms with Crippen LogP contribution < -0.4 is 5.56 Å². The van der Waals surface area contributed by atoms with Crippen LogP contribution in [0.25, 0.3) is 28.1 Å². The van der Waals surface area contributed by atoms with Crippen molar-refractivity contribution in [3.8, 4) is 17.1 Å². The second-order valence-electron chi connectivity index (χ2n) is 6.20. The SMILES string of the molecule is O=c1[nH]c(-c2cccc([N+](=O)[O-])c2)nc2c1cnn2-c1ccc([N+](=O)[O-])cc1[N+](=O)[O-]. The zero-order chi connectivity index (χ0) is 22.3. The summed E-state index contributed by atoms with van der Waals surface area (Å²) in [5.41, 5.74) is -1.93. The normalized spacial score (nSPS) is 10.8. The van der Waals surface area contributed by atoms with Gasteiger partial charge in [-0.2, -0.15) is 5.10 Å². The van der Waals surface area contributed by atoms with Gasteiger partial charge in [0.2, 0.25) is 0 Å². The molecular formula is C17H9N7O7. The lowest BCUT2D eigenvalue weighted by Crippen LogP contribution is -2.11. The number of rotatable bonds is 5. The number of hydrogen-bond acceptors (Lipinski definition) is 9. The van der Waals surface area contributed by atoms with Gasteiger partial charge in [-0.15, -0.1) is 0 Å². The first kappa shape index (κ1) is 19.3. The van der Waals surface area contributed by atoms with E-state index in [9.17, 15) is 35.1 Å². The highest BCUT2D eigenvalue weighted by Gasteiger charge is 2.24. The van der Waals surface area contributed by atoms with E-state index in [0.29, 0.717) is 0 Å². The molecule has 0 aliphatic carbocycles. The molecule has 1 N–H and O–H groups in total. The Labute approximate surface area is 169 Å². The summed E-state index contributed by atoms with van der Waals surface area (Å²) in [5, 5.41) is 37.4. The van der Waals surface area contributed by atoms with Gasteiger partial charge < -0.3 is 4.98 Å². The molecule has 2 aromatic heterocycles. The highest BCUT2D eigenvalue weighted by molar-refractivity contribution is 5.79. The van der Waals surface area contributed by atoms with Crippen molar-refractivity contribution in [3.05, 3.63) is 89.4 Å². The minimum atomic E-state index is -0.815. The zero-order valence-electron chi connectivity index (χ0n) is 15.2. The van der Waals surface area contributed by atoms with Crippen LogP contribution in [0, 0.1) is 30.3 Å². The number of aromatic amines is 1. The van der Waals surface area contributed by atoms with Crippen molar-refractivity contribution in [2.75, 3.05) is 0 Å². The first-order valence-corrected chi connectivity index (χ1v) is 8.42. The Balaban J connectivity index is 1.95. The summed E-state index contributed by atoms with van der Waals surface area (Å²) in [5.74, 6) is -0.0208. The highest BCUT2D eigenvalue weighted by Crippen LogP contribution is 2.29. The Kier molecular flexibility index (Phi) is 4.43. The van der Waals surface area contributed by atoms with E-state index < -0.39 is 31.7 Å². The molecule has 31 heavy (non-hydrogen) atoms. The van der Waals surface area contributed by atoms with Crippen LogP contribution in [0.15, 0.2) is 53.5 Å². The Bertz CT molecular complexity index is 1460. The third kappa shape index (κ3) is 3.33. The van der Waals surface area contributed by atoms with Crippen LogP contribution in [0.3, 0.4) is 0 Å². The summed E-state index contributed by atoms with van der Waals surface area (Å²) in [6.07, 6.45) is 1.14. The molecule has 4 aromatic rings. The zero-order valence-corrected chi connectivity index (χ0v) is 15.2. The Morgan fingerprint density at radius 3 is 2.29 bits per heavy atom. The van der Waals surface area contributed by atoms with Gasteiger partial charge in [-0.3, -0.25) is 35.1 Å². The van der Waals surface area contributed by atoms with Gasteiger partial charge >= 0.3 is 5.69 Å². The molecular weight excluding hydrogens is 414 g/mol. The predicted octanol–water partition coefficient (Wildman–Crippen LogP) is 2.50. The average Bonchev–Trinajstić information content (AvgIpc) is 3.17. The number of nitrogens with zero attached hydrogens (tertiary/aromatic N) is 6. The number of nitro benzene ring substituents is 3. The van der Waals surface area contributed by atoms with Gasteiger partial charge in [-0.1, -0.05) is 12.1 Å². The lowest BCUT2D eigenvalue weighted by molar-refractivity contribution is -0.394. The van der Waals surface area contributed by atoms with Crippen molar-refractivity contribution >= 4 is 28.1 Å². The molecule has 0 fully saturated rings. The number of aromatic nitrogens is 4. The molecule has 2 heterocycles. The molecule has 0 radical (unpaired) electrons. The van der Waals surface area contributed by atoms with E-state index in [1.807, 2.05) is 0 Å². The van der Waals surface area contributed by atoms with Crippen LogP contribution in [0.5, 0.6) is 0 Å². The summed E-state index contributed by atoms with van der Waals surface area (Å²) in [7, 11) is 0. The molecule has 0 amide bonds. The van der Waals surface area contributed by atoms with E-state index in [2.05, 4.69) is 15.1 Å². The smallest absolute Gasteiger partial charge is 0.301 e. The second-order valence-corrected chi connectivity index (χ2v) is 6.20. The maximum atomic E-state index is 12.5. The summed E-state index contributed by atoms with van der Waals surface area (Å²) >= 11 is 0. The van der Waals surface area contributed by atoms with E-state index in [0.717, 1.165) is 29.1 Å². The van der Waals surface area contributed by atoms with Gasteiger partial charge in [0.15, 0.2) is 5.65 Å². The highest BCUT2D eigenvalue weighted by atomic mass is 16.6. The summed E-state index contributed by atoms with van der Waals surface area (Å²) in [6.45, 7) is 0. The van der Waals surface area contributed by atoms with Crippen molar-refractivity contribution in [1.29, 1.82) is 0 Å². The van der Waals surface area contributed by atoms with Gasteiger partial charge in [-0.25, -0.2) is 9.67 Å². The molecule has 154 valence electrons. The van der Waals surface area contributed by atoms with Gasteiger partial charge in [0.25, 0.3) is 16.9 Å². The number of nitrogens with one attached hydrogen (secondary N) is 1. The number of hydrogen-bond donors (Lipinski definition) is 1. The lowest BCUT2D eigenvalue weighted by Gasteiger charge is -2.06. The van der Waals surface area contributed by atoms with E-state index >= 15 is 0 Å². The maximum Gasteiger partial charge on any atom is 0.301 e. The van der Waals surface area contributed by atoms with Crippen molar-refractivity contribution < 1.29 is 14.8 Å². The van der Waals surface area contributed by atoms with E-state index in [-0.39, 0.29) is 33.8 Å². The molecule has 14 nitrogen and oxygen atoms in total. The standard InChI is InChI=1S/C17H9N7O7/c25-17-12-8-18-21(13-5-4-11(23(28)29)7-14(13)24(30)31)16(12)19-15(20-17)9-2-1-3-10(6-9)22(26)27/h1-8H,(H,19,20,25). The van der Waals surface area contributed by atoms with E-state index in [1.54, 1.807) is 0 Å². The van der Waals surface area contributed by atoms with Crippen molar-refractivity contribution in [3.63, 3.8) is 0 Å². The third-order valence-corrected chi connectivity index (χ3v) is 4.36. The predicted molar refractivity (Wildman–Crippen MR) is 105 cm³/mol. The molecule has 0 atom stereocenters.